The van der Waals surface area contributed by atoms with Crippen LogP contribution in [-0.2, 0) is 45.6 Å². The Kier molecular flexibility index (Phi) is 10.5. The quantitative estimate of drug-likeness (QED) is 0.167. The van der Waals surface area contributed by atoms with Crippen molar-refractivity contribution in [2.75, 3.05) is 0 Å². The number of hydrogen-bond acceptors (Lipinski definition) is 10. The van der Waals surface area contributed by atoms with E-state index in [0.29, 0.717) is 0 Å². The molecule has 13 nitrogen and oxygen atoms in total. The third-order valence-electron chi connectivity index (χ3n) is 3.99. The van der Waals surface area contributed by atoms with Gasteiger partial charge in [0.05, 0.1) is 18.3 Å². The molecule has 0 saturated carbocycles. The molecule has 3 N–H and O–H groups in total. The Hall–Kier alpha value is -1.95. The predicted octanol–water partition coefficient (Wildman–Crippen LogP) is 4.92. The molecule has 0 amide bonds. The second-order valence-corrected chi connectivity index (χ2v) is 12.1. The monoisotopic (exact) mass is 558 g/mol. The van der Waals surface area contributed by atoms with Crippen LogP contribution in [0.4, 0.5) is 0 Å². The van der Waals surface area contributed by atoms with Gasteiger partial charge < -0.3 is 27.4 Å². The number of ether oxygens (including phenoxy) is 1. The molecule has 1 aliphatic rings. The van der Waals surface area contributed by atoms with E-state index in [9.17, 15) is 28.4 Å². The van der Waals surface area contributed by atoms with Gasteiger partial charge in [-0.1, -0.05) is 33.1 Å². The van der Waals surface area contributed by atoms with Gasteiger partial charge in [-0.05, 0) is 37.0 Å². The van der Waals surface area contributed by atoms with Gasteiger partial charge in [0.2, 0.25) is 0 Å². The molecule has 35 heavy (non-hydrogen) atoms. The van der Waals surface area contributed by atoms with Gasteiger partial charge in [0, 0.05) is 13.3 Å². The van der Waals surface area contributed by atoms with E-state index in [1.807, 2.05) is 32.2 Å². The Labute approximate surface area is 203 Å². The Balaban J connectivity index is 2.90. The molecule has 1 saturated heterocycles. The minimum Gasteiger partial charge on any atom is -0.391 e. The second kappa shape index (κ2) is 11.9. The molecule has 0 bridgehead atoms. The second-order valence-electron chi connectivity index (χ2n) is 8.14. The molecule has 6 atom stereocenters. The highest BCUT2D eigenvalue weighted by molar-refractivity contribution is 7.49. The van der Waals surface area contributed by atoms with Crippen molar-refractivity contribution in [3.8, 4) is 0 Å². The first-order valence-electron chi connectivity index (χ1n) is 9.80. The van der Waals surface area contributed by atoms with E-state index in [1.165, 1.54) is 6.92 Å². The highest BCUT2D eigenvalue weighted by Crippen LogP contribution is 2.56. The van der Waals surface area contributed by atoms with Gasteiger partial charge in [0.25, 0.3) is 0 Å². The lowest BCUT2D eigenvalue weighted by Crippen LogP contribution is -2.36. The van der Waals surface area contributed by atoms with Crippen LogP contribution in [0.5, 0.6) is 0 Å². The van der Waals surface area contributed by atoms with Crippen molar-refractivity contribution >= 4 is 23.5 Å². The topological polar surface area (TPSA) is 177 Å². The molecule has 16 heteroatoms. The van der Waals surface area contributed by atoms with Gasteiger partial charge in [-0.15, -0.1) is 0 Å². The van der Waals surface area contributed by atoms with Gasteiger partial charge in [0.1, 0.15) is 5.76 Å². The number of phosphoric acid groups is 3. The maximum atomic E-state index is 12.5. The summed E-state index contributed by atoms with van der Waals surface area (Å²) in [6, 6.07) is 0. The molecule has 0 radical (unpaired) electrons. The smallest absolute Gasteiger partial charge is 0.391 e. The number of rotatable bonds is 12. The van der Waals surface area contributed by atoms with Crippen LogP contribution in [0, 0.1) is 5.41 Å². The van der Waals surface area contributed by atoms with Crippen LogP contribution in [-0.4, -0.2) is 33.0 Å². The minimum absolute atomic E-state index is 0.234. The molecular formula is C19H29O13P3. The fourth-order valence-corrected chi connectivity index (χ4v) is 5.15. The van der Waals surface area contributed by atoms with Crippen molar-refractivity contribution in [3.63, 3.8) is 0 Å². The number of allylic oxidation sites excluding steroid dienone is 1. The summed E-state index contributed by atoms with van der Waals surface area (Å²) in [7, 11) is -15.2. The molecule has 1 aliphatic heterocycles. The summed E-state index contributed by atoms with van der Waals surface area (Å²) in [5.41, 5.74) is 5.46. The highest BCUT2D eigenvalue weighted by Gasteiger charge is 2.46. The molecule has 0 aromatic rings. The van der Waals surface area contributed by atoms with Crippen LogP contribution >= 0.6 is 23.5 Å². The summed E-state index contributed by atoms with van der Waals surface area (Å²) in [5.74, 6) is -2.57. The first-order chi connectivity index (χ1) is 15.8. The first-order valence-corrected chi connectivity index (χ1v) is 14.3. The third kappa shape index (κ3) is 10.7. The van der Waals surface area contributed by atoms with Gasteiger partial charge in [0.15, 0.2) is 0 Å². The van der Waals surface area contributed by atoms with Crippen LogP contribution in [0.25, 0.3) is 0 Å². The zero-order valence-corrected chi connectivity index (χ0v) is 22.5. The van der Waals surface area contributed by atoms with E-state index in [0.717, 1.165) is 0 Å². The zero-order valence-electron chi connectivity index (χ0n) is 19.8. The van der Waals surface area contributed by atoms with E-state index in [4.69, 9.17) is 9.26 Å². The minimum atomic E-state index is -5.30. The van der Waals surface area contributed by atoms with Gasteiger partial charge in [-0.2, -0.15) is 0 Å². The average molecular weight is 558 g/mol. The Morgan fingerprint density at radius 2 is 1.29 bits per heavy atom. The molecule has 198 valence electrons. The maximum absolute atomic E-state index is 12.5. The summed E-state index contributed by atoms with van der Waals surface area (Å²) in [5, 5.41) is 0. The van der Waals surface area contributed by atoms with Crippen molar-refractivity contribution in [2.45, 2.75) is 59.4 Å². The van der Waals surface area contributed by atoms with Gasteiger partial charge in [-0.25, -0.2) is 13.7 Å². The van der Waals surface area contributed by atoms with Crippen molar-refractivity contribution in [1.29, 1.82) is 0 Å². The molecule has 0 aromatic heterocycles. The highest BCUT2D eigenvalue weighted by atomic mass is 31.2. The Bertz CT molecular complexity index is 1090. The Morgan fingerprint density at radius 3 is 1.69 bits per heavy atom. The largest absolute Gasteiger partial charge is 0.590 e. The standard InChI is InChI=1S/C19H29O13P3/c1-9-13(4)27-33(20,21)29-16(10-2)31-35(24,25)32-17(11-3)30-34(22,23)28-15-12-14(5)26-18(15)19(6,7)8/h14-15,18H,1-3,12H2,4-8H3,(H,20,21)(H,22,23)(H,24,25). The fraction of sp³-hybridized carbons (Fsp3) is 0.526. The van der Waals surface area contributed by atoms with Crippen LogP contribution in [0.2, 0.25) is 0 Å². The third-order valence-corrected chi connectivity index (χ3v) is 6.61. The van der Waals surface area contributed by atoms with Gasteiger partial charge >= 0.3 is 35.4 Å². The summed E-state index contributed by atoms with van der Waals surface area (Å²) in [4.78, 5) is 29.7. The van der Waals surface area contributed by atoms with E-state index in [2.05, 4.69) is 48.1 Å². The molecule has 0 aromatic carbocycles. The van der Waals surface area contributed by atoms with Crippen LogP contribution in [0.15, 0.2) is 54.6 Å². The van der Waals surface area contributed by atoms with E-state index in [1.54, 1.807) is 6.92 Å². The average Bonchev–Trinajstić information content (AvgIpc) is 3.05. The normalized spacial score (nSPS) is 24.6. The first kappa shape index (κ1) is 31.1. The van der Waals surface area contributed by atoms with Crippen molar-refractivity contribution < 1.29 is 60.3 Å². The predicted molar refractivity (Wildman–Crippen MR) is 122 cm³/mol. The summed E-state index contributed by atoms with van der Waals surface area (Å²) in [6.45, 7) is 17.9. The fourth-order valence-electron chi connectivity index (χ4n) is 2.72. The number of hydrogen-bond donors (Lipinski definition) is 3. The molecular weight excluding hydrogens is 529 g/mol. The summed E-state index contributed by atoms with van der Waals surface area (Å²) in [6.07, 6.45) is -1.39. The van der Waals surface area contributed by atoms with E-state index >= 15 is 0 Å². The van der Waals surface area contributed by atoms with Gasteiger partial charge in [-0.3, -0.25) is 19.2 Å². The van der Waals surface area contributed by atoms with Crippen LogP contribution in [0.1, 0.15) is 41.0 Å². The molecule has 0 aliphatic carbocycles. The van der Waals surface area contributed by atoms with Crippen molar-refractivity contribution in [3.05, 3.63) is 54.6 Å². The summed E-state index contributed by atoms with van der Waals surface area (Å²) < 4.78 is 70.2. The zero-order chi connectivity index (χ0) is 27.2. The number of phosphoric ester groups is 3. The SMILES string of the molecule is C=C=C(C)OP(=O)(O)OC(=C=C)OP(=O)(O)OC(=C=C)OP(=O)(O)OC1CC(C)OC1C(C)(C)C. The molecule has 0 spiro atoms. The lowest BCUT2D eigenvalue weighted by Gasteiger charge is -2.31. The van der Waals surface area contributed by atoms with Crippen LogP contribution < -0.4 is 0 Å². The van der Waals surface area contributed by atoms with Crippen molar-refractivity contribution in [2.24, 2.45) is 5.41 Å². The lowest BCUT2D eigenvalue weighted by atomic mass is 9.86. The van der Waals surface area contributed by atoms with Crippen molar-refractivity contribution in [1.82, 2.24) is 0 Å². The maximum Gasteiger partial charge on any atom is 0.590 e. The lowest BCUT2D eigenvalue weighted by molar-refractivity contribution is -0.0481. The molecule has 6 unspecified atom stereocenters. The summed E-state index contributed by atoms with van der Waals surface area (Å²) >= 11 is 0. The molecule has 1 heterocycles. The van der Waals surface area contributed by atoms with Crippen LogP contribution in [0.3, 0.4) is 0 Å². The van der Waals surface area contributed by atoms with E-state index in [-0.39, 0.29) is 18.3 Å². The molecule has 1 rings (SSSR count). The Morgan fingerprint density at radius 1 is 0.857 bits per heavy atom. The van der Waals surface area contributed by atoms with E-state index < -0.39 is 53.0 Å². The molecule has 1 fully saturated rings.